The van der Waals surface area contributed by atoms with Crippen molar-refractivity contribution in [2.75, 3.05) is 41.8 Å². The van der Waals surface area contributed by atoms with E-state index in [1.54, 1.807) is 7.11 Å². The van der Waals surface area contributed by atoms with Crippen LogP contribution in [0.5, 0.6) is 5.75 Å². The van der Waals surface area contributed by atoms with Crippen LogP contribution in [0.1, 0.15) is 11.7 Å². The van der Waals surface area contributed by atoms with Gasteiger partial charge in [0, 0.05) is 33.8 Å². The summed E-state index contributed by atoms with van der Waals surface area (Å²) in [5.41, 5.74) is 0.755. The van der Waals surface area contributed by atoms with Crippen LogP contribution in [0.15, 0.2) is 29.3 Å². The monoisotopic (exact) mass is 265 g/mol. The van der Waals surface area contributed by atoms with Crippen LogP contribution in [0.25, 0.3) is 0 Å². The Morgan fingerprint density at radius 2 is 1.79 bits per heavy atom. The molecule has 0 saturated carbocycles. The Kier molecular flexibility index (Phi) is 5.63. The number of aliphatic imine (C=N–C) groups is 1. The van der Waals surface area contributed by atoms with Crippen molar-refractivity contribution >= 4 is 5.96 Å². The molecule has 0 amide bonds. The fourth-order valence-electron chi connectivity index (χ4n) is 1.89. The molecule has 5 nitrogen and oxygen atoms in total. The molecule has 0 aromatic heterocycles. The molecule has 5 heteroatoms. The minimum absolute atomic E-state index is 0.298. The second kappa shape index (κ2) is 6.99. The number of para-hydroxylation sites is 1. The van der Waals surface area contributed by atoms with E-state index >= 15 is 0 Å². The predicted octanol–water partition coefficient (Wildman–Crippen LogP) is 1.21. The van der Waals surface area contributed by atoms with Crippen molar-refractivity contribution in [2.24, 2.45) is 4.99 Å². The van der Waals surface area contributed by atoms with Crippen molar-refractivity contribution in [1.82, 2.24) is 9.80 Å². The van der Waals surface area contributed by atoms with Crippen molar-refractivity contribution in [2.45, 2.75) is 6.10 Å². The van der Waals surface area contributed by atoms with Gasteiger partial charge in [-0.1, -0.05) is 18.2 Å². The number of hydrogen-bond donors (Lipinski definition) is 1. The number of rotatable bonds is 4. The van der Waals surface area contributed by atoms with E-state index in [4.69, 9.17) is 4.74 Å². The van der Waals surface area contributed by atoms with Crippen LogP contribution >= 0.6 is 0 Å². The molecule has 1 N–H and O–H groups in total. The predicted molar refractivity (Wildman–Crippen MR) is 77.6 cm³/mol. The molecule has 1 aromatic carbocycles. The summed E-state index contributed by atoms with van der Waals surface area (Å²) in [4.78, 5) is 8.26. The third kappa shape index (κ3) is 4.13. The van der Waals surface area contributed by atoms with Gasteiger partial charge in [-0.15, -0.1) is 0 Å². The van der Waals surface area contributed by atoms with Crippen molar-refractivity contribution in [3.8, 4) is 5.75 Å². The molecule has 0 bridgehead atoms. The molecule has 0 aliphatic rings. The zero-order chi connectivity index (χ0) is 14.4. The Balaban J connectivity index is 2.84. The number of methoxy groups -OCH3 is 1. The number of aliphatic hydroxyl groups is 1. The first-order chi connectivity index (χ1) is 8.97. The van der Waals surface area contributed by atoms with E-state index in [0.29, 0.717) is 12.3 Å². The molecule has 1 unspecified atom stereocenters. The average Bonchev–Trinajstić information content (AvgIpc) is 2.37. The highest BCUT2D eigenvalue weighted by Crippen LogP contribution is 2.24. The van der Waals surface area contributed by atoms with Gasteiger partial charge >= 0.3 is 0 Å². The Morgan fingerprint density at radius 1 is 1.21 bits per heavy atom. The number of nitrogens with zero attached hydrogens (tertiary/aromatic N) is 3. The Labute approximate surface area is 115 Å². The van der Waals surface area contributed by atoms with Gasteiger partial charge in [0.25, 0.3) is 0 Å². The van der Waals surface area contributed by atoms with Crippen LogP contribution in [-0.4, -0.2) is 62.7 Å². The lowest BCUT2D eigenvalue weighted by atomic mass is 10.1. The zero-order valence-electron chi connectivity index (χ0n) is 12.3. The number of hydrogen-bond acceptors (Lipinski definition) is 3. The van der Waals surface area contributed by atoms with Crippen LogP contribution in [0.2, 0.25) is 0 Å². The SMILES string of the molecule is COc1ccccc1C(O)CN=C(N(C)C)N(C)C. The lowest BCUT2D eigenvalue weighted by Gasteiger charge is -2.23. The van der Waals surface area contributed by atoms with E-state index in [9.17, 15) is 5.11 Å². The molecule has 19 heavy (non-hydrogen) atoms. The van der Waals surface area contributed by atoms with E-state index in [-0.39, 0.29) is 0 Å². The highest BCUT2D eigenvalue weighted by atomic mass is 16.5. The molecule has 1 atom stereocenters. The van der Waals surface area contributed by atoms with Gasteiger partial charge in [-0.25, -0.2) is 4.99 Å². The Bertz CT molecular complexity index is 420. The molecular formula is C14H23N3O2. The first-order valence-electron chi connectivity index (χ1n) is 6.17. The second-order valence-corrected chi connectivity index (χ2v) is 4.69. The molecule has 106 valence electrons. The normalized spacial score (nSPS) is 11.7. The minimum atomic E-state index is -0.675. The van der Waals surface area contributed by atoms with Gasteiger partial charge in [0.05, 0.1) is 13.7 Å². The maximum Gasteiger partial charge on any atom is 0.195 e. The summed E-state index contributed by atoms with van der Waals surface area (Å²) in [5.74, 6) is 1.50. The summed E-state index contributed by atoms with van der Waals surface area (Å²) < 4.78 is 5.24. The zero-order valence-corrected chi connectivity index (χ0v) is 12.3. The number of aliphatic hydroxyl groups excluding tert-OH is 1. The largest absolute Gasteiger partial charge is 0.496 e. The van der Waals surface area contributed by atoms with Crippen LogP contribution < -0.4 is 4.74 Å². The van der Waals surface area contributed by atoms with E-state index in [0.717, 1.165) is 11.5 Å². The molecule has 0 radical (unpaired) electrons. The second-order valence-electron chi connectivity index (χ2n) is 4.69. The molecule has 0 heterocycles. The molecule has 0 aliphatic carbocycles. The van der Waals surface area contributed by atoms with Crippen LogP contribution in [0.4, 0.5) is 0 Å². The highest BCUT2D eigenvalue weighted by molar-refractivity contribution is 5.79. The molecule has 1 aromatic rings. The van der Waals surface area contributed by atoms with Gasteiger partial charge in [-0.05, 0) is 6.07 Å². The summed E-state index contributed by atoms with van der Waals surface area (Å²) in [6, 6.07) is 7.44. The summed E-state index contributed by atoms with van der Waals surface area (Å²) in [6.07, 6.45) is -0.675. The topological polar surface area (TPSA) is 48.3 Å². The molecule has 0 aliphatic heterocycles. The van der Waals surface area contributed by atoms with Gasteiger partial charge < -0.3 is 19.6 Å². The van der Waals surface area contributed by atoms with Crippen LogP contribution in [0, 0.1) is 0 Å². The smallest absolute Gasteiger partial charge is 0.195 e. The van der Waals surface area contributed by atoms with Gasteiger partial charge in [-0.2, -0.15) is 0 Å². The fraction of sp³-hybridized carbons (Fsp3) is 0.500. The highest BCUT2D eigenvalue weighted by Gasteiger charge is 2.13. The molecule has 1 rings (SSSR count). The average molecular weight is 265 g/mol. The fourth-order valence-corrected chi connectivity index (χ4v) is 1.89. The first-order valence-corrected chi connectivity index (χ1v) is 6.17. The van der Waals surface area contributed by atoms with Gasteiger partial charge in [-0.3, -0.25) is 0 Å². The van der Waals surface area contributed by atoms with Crippen LogP contribution in [-0.2, 0) is 0 Å². The minimum Gasteiger partial charge on any atom is -0.496 e. The molecule has 0 fully saturated rings. The van der Waals surface area contributed by atoms with E-state index in [1.165, 1.54) is 0 Å². The third-order valence-corrected chi connectivity index (χ3v) is 2.70. The first kappa shape index (κ1) is 15.3. The summed E-state index contributed by atoms with van der Waals surface area (Å²) >= 11 is 0. The van der Waals surface area contributed by atoms with E-state index < -0.39 is 6.10 Å². The quantitative estimate of drug-likeness (QED) is 0.656. The van der Waals surface area contributed by atoms with Gasteiger partial charge in [0.15, 0.2) is 5.96 Å². The molecule has 0 saturated heterocycles. The van der Waals surface area contributed by atoms with Crippen LogP contribution in [0.3, 0.4) is 0 Å². The van der Waals surface area contributed by atoms with E-state index in [1.807, 2.05) is 62.3 Å². The van der Waals surface area contributed by atoms with Crippen molar-refractivity contribution < 1.29 is 9.84 Å². The molecular weight excluding hydrogens is 242 g/mol. The van der Waals surface area contributed by atoms with Crippen molar-refractivity contribution in [3.05, 3.63) is 29.8 Å². The van der Waals surface area contributed by atoms with Crippen molar-refractivity contribution in [3.63, 3.8) is 0 Å². The number of guanidine groups is 1. The molecule has 0 spiro atoms. The van der Waals surface area contributed by atoms with Crippen molar-refractivity contribution in [1.29, 1.82) is 0 Å². The number of benzene rings is 1. The summed E-state index contributed by atoms with van der Waals surface area (Å²) in [5, 5.41) is 10.2. The summed E-state index contributed by atoms with van der Waals surface area (Å²) in [6.45, 7) is 0.298. The van der Waals surface area contributed by atoms with Gasteiger partial charge in [0.1, 0.15) is 11.9 Å². The Hall–Kier alpha value is -1.75. The standard InChI is InChI=1S/C14H23N3O2/c1-16(2)14(17(3)4)15-10-12(18)11-8-6-7-9-13(11)19-5/h6-9,12,18H,10H2,1-5H3. The Morgan fingerprint density at radius 3 is 2.32 bits per heavy atom. The summed E-state index contributed by atoms with van der Waals surface area (Å²) in [7, 11) is 9.30. The number of ether oxygens (including phenoxy) is 1. The maximum atomic E-state index is 10.2. The lowest BCUT2D eigenvalue weighted by Crippen LogP contribution is -2.35. The maximum absolute atomic E-state index is 10.2. The van der Waals surface area contributed by atoms with E-state index in [2.05, 4.69) is 4.99 Å². The third-order valence-electron chi connectivity index (χ3n) is 2.70. The van der Waals surface area contributed by atoms with Gasteiger partial charge in [0.2, 0.25) is 0 Å². The lowest BCUT2D eigenvalue weighted by molar-refractivity contribution is 0.182.